The van der Waals surface area contributed by atoms with E-state index in [4.69, 9.17) is 9.72 Å². The maximum Gasteiger partial charge on any atom is 0.229 e. The van der Waals surface area contributed by atoms with E-state index in [1.807, 2.05) is 44.2 Å². The number of fused-ring (bicyclic) bond motifs is 1. The number of anilines is 2. The van der Waals surface area contributed by atoms with Crippen LogP contribution >= 0.6 is 11.3 Å². The van der Waals surface area contributed by atoms with Gasteiger partial charge in [-0.2, -0.15) is 0 Å². The van der Waals surface area contributed by atoms with E-state index in [-0.39, 0.29) is 11.8 Å². The molecular formula is C23H27N3O2S. The molecule has 1 atom stereocenters. The number of benzene rings is 2. The number of hydrogen-bond acceptors (Lipinski definition) is 5. The molecule has 0 bridgehead atoms. The number of aromatic nitrogens is 1. The van der Waals surface area contributed by atoms with Crippen LogP contribution in [-0.4, -0.2) is 30.6 Å². The summed E-state index contributed by atoms with van der Waals surface area (Å²) in [7, 11) is 0. The summed E-state index contributed by atoms with van der Waals surface area (Å²) in [6.45, 7) is 8.38. The van der Waals surface area contributed by atoms with Gasteiger partial charge >= 0.3 is 0 Å². The Labute approximate surface area is 175 Å². The highest BCUT2D eigenvalue weighted by atomic mass is 32.1. The van der Waals surface area contributed by atoms with Gasteiger partial charge < -0.3 is 15.0 Å². The SMILES string of the molecule is CCOc1ccc2nc(N3CCC[C@@H](C(=O)Nc4ccc(C)cc4C)C3)sc2c1. The fourth-order valence-corrected chi connectivity index (χ4v) is 4.87. The first-order valence-corrected chi connectivity index (χ1v) is 11.0. The first kappa shape index (κ1) is 19.7. The molecule has 2 aromatic carbocycles. The van der Waals surface area contributed by atoms with Gasteiger partial charge in [0.2, 0.25) is 5.91 Å². The van der Waals surface area contributed by atoms with Crippen LogP contribution in [0.3, 0.4) is 0 Å². The first-order chi connectivity index (χ1) is 14.0. The number of ether oxygens (including phenoxy) is 1. The van der Waals surface area contributed by atoms with Crippen LogP contribution in [0.4, 0.5) is 10.8 Å². The number of nitrogens with zero attached hydrogens (tertiary/aromatic N) is 2. The van der Waals surface area contributed by atoms with E-state index in [1.54, 1.807) is 11.3 Å². The van der Waals surface area contributed by atoms with E-state index in [9.17, 15) is 4.79 Å². The average Bonchev–Trinajstić information content (AvgIpc) is 3.14. The maximum atomic E-state index is 12.9. The van der Waals surface area contributed by atoms with Crippen LogP contribution in [-0.2, 0) is 4.79 Å². The van der Waals surface area contributed by atoms with Gasteiger partial charge in [0, 0.05) is 18.8 Å². The lowest BCUT2D eigenvalue weighted by atomic mass is 9.97. The topological polar surface area (TPSA) is 54.5 Å². The number of carbonyl (C=O) groups is 1. The molecule has 1 aromatic heterocycles. The normalized spacial score (nSPS) is 16.8. The second kappa shape index (κ2) is 8.41. The summed E-state index contributed by atoms with van der Waals surface area (Å²) in [6, 6.07) is 12.1. The fraction of sp³-hybridized carbons (Fsp3) is 0.391. The van der Waals surface area contributed by atoms with Crippen molar-refractivity contribution in [3.63, 3.8) is 0 Å². The minimum Gasteiger partial charge on any atom is -0.494 e. The van der Waals surface area contributed by atoms with Crippen LogP contribution in [0.1, 0.15) is 30.9 Å². The van der Waals surface area contributed by atoms with Gasteiger partial charge in [0.25, 0.3) is 0 Å². The van der Waals surface area contributed by atoms with E-state index in [2.05, 4.69) is 23.2 Å². The molecule has 152 valence electrons. The van der Waals surface area contributed by atoms with E-state index in [0.29, 0.717) is 13.2 Å². The van der Waals surface area contributed by atoms with E-state index in [0.717, 1.165) is 51.7 Å². The zero-order chi connectivity index (χ0) is 20.4. The van der Waals surface area contributed by atoms with Crippen LogP contribution in [0.25, 0.3) is 10.2 Å². The summed E-state index contributed by atoms with van der Waals surface area (Å²) in [6.07, 6.45) is 1.90. The molecule has 0 unspecified atom stereocenters. The molecule has 1 N–H and O–H groups in total. The van der Waals surface area contributed by atoms with Crippen LogP contribution in [0, 0.1) is 19.8 Å². The molecule has 0 radical (unpaired) electrons. The molecule has 5 nitrogen and oxygen atoms in total. The summed E-state index contributed by atoms with van der Waals surface area (Å²) in [5, 5.41) is 4.11. The summed E-state index contributed by atoms with van der Waals surface area (Å²) >= 11 is 1.67. The average molecular weight is 410 g/mol. The Morgan fingerprint density at radius 1 is 1.28 bits per heavy atom. The van der Waals surface area contributed by atoms with Gasteiger partial charge in [-0.05, 0) is 63.4 Å². The molecule has 29 heavy (non-hydrogen) atoms. The number of hydrogen-bond donors (Lipinski definition) is 1. The molecule has 1 aliphatic rings. The van der Waals surface area contributed by atoms with E-state index < -0.39 is 0 Å². The Balaban J connectivity index is 1.47. The lowest BCUT2D eigenvalue weighted by Crippen LogP contribution is -2.40. The fourth-order valence-electron chi connectivity index (χ4n) is 3.84. The van der Waals surface area contributed by atoms with Crippen molar-refractivity contribution in [3.8, 4) is 5.75 Å². The Morgan fingerprint density at radius 3 is 2.93 bits per heavy atom. The van der Waals surface area contributed by atoms with Crippen molar-refractivity contribution >= 4 is 38.3 Å². The monoisotopic (exact) mass is 409 g/mol. The summed E-state index contributed by atoms with van der Waals surface area (Å²) in [4.78, 5) is 19.9. The number of amides is 1. The summed E-state index contributed by atoms with van der Waals surface area (Å²) < 4.78 is 6.72. The Hall–Kier alpha value is -2.60. The van der Waals surface area contributed by atoms with Crippen molar-refractivity contribution in [2.45, 2.75) is 33.6 Å². The smallest absolute Gasteiger partial charge is 0.229 e. The van der Waals surface area contributed by atoms with Crippen molar-refractivity contribution in [3.05, 3.63) is 47.5 Å². The summed E-state index contributed by atoms with van der Waals surface area (Å²) in [5.41, 5.74) is 4.19. The van der Waals surface area contributed by atoms with Crippen LogP contribution in [0.15, 0.2) is 36.4 Å². The molecule has 0 saturated carbocycles. The number of thiazole rings is 1. The molecule has 0 spiro atoms. The van der Waals surface area contributed by atoms with Crippen LogP contribution in [0.5, 0.6) is 5.75 Å². The molecule has 1 amide bonds. The molecule has 1 saturated heterocycles. The molecular weight excluding hydrogens is 382 g/mol. The Kier molecular flexibility index (Phi) is 5.72. The number of piperidine rings is 1. The van der Waals surface area contributed by atoms with Crippen molar-refractivity contribution in [2.24, 2.45) is 5.92 Å². The molecule has 1 aliphatic heterocycles. The number of rotatable bonds is 5. The second-order valence-electron chi connectivity index (χ2n) is 7.65. The third-order valence-electron chi connectivity index (χ3n) is 5.36. The minimum absolute atomic E-state index is 0.0320. The summed E-state index contributed by atoms with van der Waals surface area (Å²) in [5.74, 6) is 0.941. The highest BCUT2D eigenvalue weighted by Gasteiger charge is 2.27. The van der Waals surface area contributed by atoms with Gasteiger partial charge in [-0.15, -0.1) is 0 Å². The third-order valence-corrected chi connectivity index (χ3v) is 6.44. The molecule has 1 fully saturated rings. The third kappa shape index (κ3) is 4.37. The molecule has 6 heteroatoms. The van der Waals surface area contributed by atoms with Crippen LogP contribution < -0.4 is 15.0 Å². The molecule has 3 aromatic rings. The van der Waals surface area contributed by atoms with Crippen LogP contribution in [0.2, 0.25) is 0 Å². The largest absolute Gasteiger partial charge is 0.494 e. The highest BCUT2D eigenvalue weighted by Crippen LogP contribution is 2.34. The second-order valence-corrected chi connectivity index (χ2v) is 8.66. The van der Waals surface area contributed by atoms with Gasteiger partial charge in [-0.25, -0.2) is 4.98 Å². The predicted molar refractivity (Wildman–Crippen MR) is 120 cm³/mol. The van der Waals surface area contributed by atoms with Gasteiger partial charge in [-0.3, -0.25) is 4.79 Å². The maximum absolute atomic E-state index is 12.9. The zero-order valence-corrected chi connectivity index (χ0v) is 18.0. The van der Waals surface area contributed by atoms with Crippen molar-refractivity contribution in [2.75, 3.05) is 29.9 Å². The molecule has 4 rings (SSSR count). The van der Waals surface area contributed by atoms with E-state index in [1.165, 1.54) is 5.56 Å². The van der Waals surface area contributed by atoms with Crippen molar-refractivity contribution in [1.29, 1.82) is 0 Å². The Morgan fingerprint density at radius 2 is 2.14 bits per heavy atom. The molecule has 0 aliphatic carbocycles. The minimum atomic E-state index is -0.0320. The van der Waals surface area contributed by atoms with E-state index >= 15 is 0 Å². The van der Waals surface area contributed by atoms with Gasteiger partial charge in [0.15, 0.2) is 5.13 Å². The highest BCUT2D eigenvalue weighted by molar-refractivity contribution is 7.22. The number of aryl methyl sites for hydroxylation is 2. The van der Waals surface area contributed by atoms with Crippen molar-refractivity contribution in [1.82, 2.24) is 4.98 Å². The van der Waals surface area contributed by atoms with Gasteiger partial charge in [-0.1, -0.05) is 29.0 Å². The van der Waals surface area contributed by atoms with Gasteiger partial charge in [0.1, 0.15) is 5.75 Å². The lowest BCUT2D eigenvalue weighted by molar-refractivity contribution is -0.120. The quantitative estimate of drug-likeness (QED) is 0.632. The lowest BCUT2D eigenvalue weighted by Gasteiger charge is -2.31. The van der Waals surface area contributed by atoms with Crippen molar-refractivity contribution < 1.29 is 9.53 Å². The zero-order valence-electron chi connectivity index (χ0n) is 17.2. The number of nitrogens with one attached hydrogen (secondary N) is 1. The van der Waals surface area contributed by atoms with Gasteiger partial charge in [0.05, 0.1) is 22.7 Å². The first-order valence-electron chi connectivity index (χ1n) is 10.2. The predicted octanol–water partition coefficient (Wildman–Crippen LogP) is 5.17. The Bertz CT molecular complexity index is 1030. The standard InChI is InChI=1S/C23H27N3O2S/c1-4-28-18-8-10-20-21(13-18)29-23(25-20)26-11-5-6-17(14-26)22(27)24-19-9-7-15(2)12-16(19)3/h7-10,12-13,17H,4-6,11,14H2,1-3H3,(H,24,27)/t17-/m1/s1. The number of carbonyl (C=O) groups excluding carboxylic acids is 1. The molecule has 2 heterocycles.